The Balaban J connectivity index is 2.03. The van der Waals surface area contributed by atoms with Crippen molar-refractivity contribution in [1.29, 1.82) is 0 Å². The van der Waals surface area contributed by atoms with Gasteiger partial charge in [-0.1, -0.05) is 76.5 Å². The molecule has 0 fully saturated rings. The Morgan fingerprint density at radius 1 is 0.810 bits per heavy atom. The monoisotopic (exact) mass is 292 g/mol. The summed E-state index contributed by atoms with van der Waals surface area (Å²) in [5.41, 5.74) is 12.0. The van der Waals surface area contributed by atoms with Crippen LogP contribution in [0.3, 0.4) is 0 Å². The molecule has 1 rings (SSSR count). The van der Waals surface area contributed by atoms with Gasteiger partial charge in [-0.15, -0.1) is 0 Å². The molecule has 0 bridgehead atoms. The second-order valence-corrected chi connectivity index (χ2v) is 5.95. The van der Waals surface area contributed by atoms with Crippen LogP contribution in [0.5, 0.6) is 5.75 Å². The molecule has 0 aliphatic heterocycles. The van der Waals surface area contributed by atoms with Gasteiger partial charge in [-0.25, -0.2) is 0 Å². The maximum absolute atomic E-state index is 6.00. The molecular weight excluding hydrogens is 260 g/mol. The summed E-state index contributed by atoms with van der Waals surface area (Å²) in [4.78, 5) is 0. The summed E-state index contributed by atoms with van der Waals surface area (Å²) in [6.45, 7) is 2.25. The number of benzene rings is 1. The SMILES string of the molecule is CCCCCCCCCCCC(N)(N)Oc1ccccc1. The number of rotatable bonds is 12. The minimum Gasteiger partial charge on any atom is -0.460 e. The maximum Gasteiger partial charge on any atom is 0.212 e. The van der Waals surface area contributed by atoms with Gasteiger partial charge in [0.25, 0.3) is 0 Å². The van der Waals surface area contributed by atoms with Gasteiger partial charge in [-0.05, 0) is 18.6 Å². The highest BCUT2D eigenvalue weighted by molar-refractivity contribution is 5.21. The van der Waals surface area contributed by atoms with Gasteiger partial charge in [-0.3, -0.25) is 11.5 Å². The molecule has 0 saturated heterocycles. The van der Waals surface area contributed by atoms with E-state index in [1.54, 1.807) is 0 Å². The van der Waals surface area contributed by atoms with E-state index in [0.717, 1.165) is 12.2 Å². The number of hydrogen-bond acceptors (Lipinski definition) is 3. The summed E-state index contributed by atoms with van der Waals surface area (Å²) >= 11 is 0. The molecule has 0 aliphatic carbocycles. The van der Waals surface area contributed by atoms with Gasteiger partial charge < -0.3 is 4.74 Å². The molecule has 0 unspecified atom stereocenters. The van der Waals surface area contributed by atoms with E-state index in [0.29, 0.717) is 6.42 Å². The Hall–Kier alpha value is -1.06. The first kappa shape index (κ1) is 18.0. The number of ether oxygens (including phenoxy) is 1. The lowest BCUT2D eigenvalue weighted by atomic mass is 10.1. The third kappa shape index (κ3) is 9.48. The number of hydrogen-bond donors (Lipinski definition) is 2. The van der Waals surface area contributed by atoms with Crippen molar-refractivity contribution in [1.82, 2.24) is 0 Å². The topological polar surface area (TPSA) is 61.3 Å². The minimum atomic E-state index is -1.05. The van der Waals surface area contributed by atoms with E-state index in [1.807, 2.05) is 30.3 Å². The number of nitrogens with two attached hydrogens (primary N) is 2. The van der Waals surface area contributed by atoms with Gasteiger partial charge in [0.15, 0.2) is 0 Å². The lowest BCUT2D eigenvalue weighted by Crippen LogP contribution is -2.54. The van der Waals surface area contributed by atoms with Crippen LogP contribution in [-0.2, 0) is 0 Å². The Morgan fingerprint density at radius 3 is 1.90 bits per heavy atom. The van der Waals surface area contributed by atoms with Crippen molar-refractivity contribution in [2.75, 3.05) is 0 Å². The zero-order valence-corrected chi connectivity index (χ0v) is 13.5. The average molecular weight is 292 g/mol. The Labute approximate surface area is 130 Å². The fraction of sp³-hybridized carbons (Fsp3) is 0.667. The predicted octanol–water partition coefficient (Wildman–Crippen LogP) is 4.56. The molecule has 1 aromatic carbocycles. The van der Waals surface area contributed by atoms with E-state index in [9.17, 15) is 0 Å². The van der Waals surface area contributed by atoms with Gasteiger partial charge in [0.05, 0.1) is 0 Å². The second-order valence-electron chi connectivity index (χ2n) is 5.95. The molecule has 0 spiro atoms. The van der Waals surface area contributed by atoms with E-state index >= 15 is 0 Å². The van der Waals surface area contributed by atoms with Crippen molar-refractivity contribution >= 4 is 0 Å². The normalized spacial score (nSPS) is 11.6. The van der Waals surface area contributed by atoms with Gasteiger partial charge in [-0.2, -0.15) is 0 Å². The largest absolute Gasteiger partial charge is 0.460 e. The first-order valence-electron chi connectivity index (χ1n) is 8.46. The van der Waals surface area contributed by atoms with Gasteiger partial charge in [0.2, 0.25) is 5.85 Å². The molecule has 0 atom stereocenters. The van der Waals surface area contributed by atoms with E-state index in [2.05, 4.69) is 6.92 Å². The zero-order chi connectivity index (χ0) is 15.4. The first-order chi connectivity index (χ1) is 10.1. The average Bonchev–Trinajstić information content (AvgIpc) is 2.46. The summed E-state index contributed by atoms with van der Waals surface area (Å²) < 4.78 is 5.63. The highest BCUT2D eigenvalue weighted by Crippen LogP contribution is 2.17. The molecule has 0 heterocycles. The van der Waals surface area contributed by atoms with Crippen LogP contribution in [0.4, 0.5) is 0 Å². The molecule has 0 amide bonds. The zero-order valence-electron chi connectivity index (χ0n) is 13.5. The fourth-order valence-electron chi connectivity index (χ4n) is 2.47. The summed E-state index contributed by atoms with van der Waals surface area (Å²) in [6, 6.07) is 9.55. The third-order valence-electron chi connectivity index (χ3n) is 3.72. The van der Waals surface area contributed by atoms with Crippen molar-refractivity contribution in [2.24, 2.45) is 11.5 Å². The lowest BCUT2D eigenvalue weighted by Gasteiger charge is -2.25. The van der Waals surface area contributed by atoms with E-state index in [4.69, 9.17) is 16.2 Å². The fourth-order valence-corrected chi connectivity index (χ4v) is 2.47. The second kappa shape index (κ2) is 10.6. The minimum absolute atomic E-state index is 0.692. The number of unbranched alkanes of at least 4 members (excludes halogenated alkanes) is 8. The lowest BCUT2D eigenvalue weighted by molar-refractivity contribution is 0.0700. The van der Waals surface area contributed by atoms with Gasteiger partial charge in [0, 0.05) is 6.42 Å². The van der Waals surface area contributed by atoms with Crippen molar-refractivity contribution in [2.45, 2.75) is 77.0 Å². The molecule has 0 aliphatic rings. The first-order valence-corrected chi connectivity index (χ1v) is 8.46. The van der Waals surface area contributed by atoms with Gasteiger partial charge >= 0.3 is 0 Å². The summed E-state index contributed by atoms with van der Waals surface area (Å²) in [5.74, 6) is -0.318. The van der Waals surface area contributed by atoms with Crippen LogP contribution in [0.2, 0.25) is 0 Å². The van der Waals surface area contributed by atoms with Crippen LogP contribution in [0, 0.1) is 0 Å². The van der Waals surface area contributed by atoms with E-state index in [1.165, 1.54) is 51.4 Å². The van der Waals surface area contributed by atoms with Gasteiger partial charge in [0.1, 0.15) is 5.75 Å². The molecule has 0 radical (unpaired) electrons. The molecule has 4 N–H and O–H groups in total. The van der Waals surface area contributed by atoms with Crippen LogP contribution < -0.4 is 16.2 Å². The maximum atomic E-state index is 6.00. The molecule has 0 saturated carbocycles. The smallest absolute Gasteiger partial charge is 0.212 e. The molecule has 3 nitrogen and oxygen atoms in total. The molecule has 21 heavy (non-hydrogen) atoms. The van der Waals surface area contributed by atoms with Crippen LogP contribution in [0.1, 0.15) is 71.1 Å². The molecule has 0 aromatic heterocycles. The Kier molecular flexibility index (Phi) is 9.11. The molecule has 3 heteroatoms. The highest BCUT2D eigenvalue weighted by atomic mass is 16.5. The standard InChI is InChI=1S/C18H32N2O/c1-2-3-4-5-6-7-8-9-13-16-18(19,20)21-17-14-11-10-12-15-17/h10-12,14-15H,2-9,13,16,19-20H2,1H3. The summed E-state index contributed by atoms with van der Waals surface area (Å²) in [6.07, 6.45) is 12.3. The van der Waals surface area contributed by atoms with Crippen molar-refractivity contribution < 1.29 is 4.74 Å². The predicted molar refractivity (Wildman–Crippen MR) is 90.0 cm³/mol. The molecule has 1 aromatic rings. The van der Waals surface area contributed by atoms with Crippen molar-refractivity contribution in [3.63, 3.8) is 0 Å². The summed E-state index contributed by atoms with van der Waals surface area (Å²) in [7, 11) is 0. The van der Waals surface area contributed by atoms with Crippen molar-refractivity contribution in [3.05, 3.63) is 30.3 Å². The van der Waals surface area contributed by atoms with E-state index in [-0.39, 0.29) is 0 Å². The van der Waals surface area contributed by atoms with Crippen LogP contribution in [-0.4, -0.2) is 5.85 Å². The number of para-hydroxylation sites is 1. The molecular formula is C18H32N2O. The Morgan fingerprint density at radius 2 is 1.33 bits per heavy atom. The Bertz CT molecular complexity index is 351. The third-order valence-corrected chi connectivity index (χ3v) is 3.72. The van der Waals surface area contributed by atoms with Crippen LogP contribution in [0.15, 0.2) is 30.3 Å². The highest BCUT2D eigenvalue weighted by Gasteiger charge is 2.20. The quantitative estimate of drug-likeness (QED) is 0.438. The van der Waals surface area contributed by atoms with Crippen LogP contribution >= 0.6 is 0 Å². The van der Waals surface area contributed by atoms with E-state index < -0.39 is 5.85 Å². The van der Waals surface area contributed by atoms with Crippen molar-refractivity contribution in [3.8, 4) is 5.75 Å². The van der Waals surface area contributed by atoms with Crippen LogP contribution in [0.25, 0.3) is 0 Å². The summed E-state index contributed by atoms with van der Waals surface area (Å²) in [5, 5.41) is 0. The molecule has 120 valence electrons.